The van der Waals surface area contributed by atoms with E-state index in [2.05, 4.69) is 0 Å². The third-order valence-corrected chi connectivity index (χ3v) is 2.65. The molecule has 1 saturated carbocycles. The van der Waals surface area contributed by atoms with Crippen molar-refractivity contribution in [3.63, 3.8) is 0 Å². The lowest BCUT2D eigenvalue weighted by Crippen LogP contribution is -2.09. The first kappa shape index (κ1) is 10.2. The average Bonchev–Trinajstić information content (AvgIpc) is 2.93. The number of ether oxygens (including phenoxy) is 1. The molecule has 3 heteroatoms. The molecule has 1 aromatic rings. The van der Waals surface area contributed by atoms with Gasteiger partial charge in [-0.25, -0.2) is 0 Å². The summed E-state index contributed by atoms with van der Waals surface area (Å²) in [5.41, 5.74) is 6.63. The van der Waals surface area contributed by atoms with Crippen molar-refractivity contribution in [3.8, 4) is 0 Å². The summed E-state index contributed by atoms with van der Waals surface area (Å²) in [6.45, 7) is 0.363. The molecule has 0 bridgehead atoms. The Hall–Kier alpha value is -1.35. The van der Waals surface area contributed by atoms with Crippen molar-refractivity contribution >= 4 is 5.97 Å². The molecule has 1 aromatic carbocycles. The molecular weight excluding hydrogens is 190 g/mol. The molecule has 1 fully saturated rings. The molecule has 0 unspecified atom stereocenters. The molecule has 2 rings (SSSR count). The van der Waals surface area contributed by atoms with E-state index in [-0.39, 0.29) is 12.0 Å². The van der Waals surface area contributed by atoms with E-state index in [1.165, 1.54) is 0 Å². The van der Waals surface area contributed by atoms with E-state index in [1.807, 2.05) is 30.3 Å². The van der Waals surface area contributed by atoms with Crippen LogP contribution in [0.4, 0.5) is 0 Å². The zero-order chi connectivity index (χ0) is 10.7. The van der Waals surface area contributed by atoms with Crippen LogP contribution < -0.4 is 5.73 Å². The molecule has 0 spiro atoms. The normalized spacial score (nSPS) is 23.5. The molecule has 80 valence electrons. The molecule has 0 heterocycles. The molecule has 1 aliphatic carbocycles. The largest absolute Gasteiger partial charge is 0.461 e. The number of esters is 1. The monoisotopic (exact) mass is 205 g/mol. The maximum atomic E-state index is 11.3. The lowest BCUT2D eigenvalue weighted by atomic mass is 10.2. The van der Waals surface area contributed by atoms with E-state index in [4.69, 9.17) is 10.5 Å². The second-order valence-electron chi connectivity index (χ2n) is 4.01. The SMILES string of the molecule is N[C@H]1C[C@@H]1CC(=O)OCc1ccccc1. The van der Waals surface area contributed by atoms with Crippen LogP contribution in [-0.2, 0) is 16.1 Å². The highest BCUT2D eigenvalue weighted by Crippen LogP contribution is 2.31. The lowest BCUT2D eigenvalue weighted by molar-refractivity contribution is -0.145. The van der Waals surface area contributed by atoms with Gasteiger partial charge in [0.25, 0.3) is 0 Å². The molecular formula is C12H15NO2. The summed E-state index contributed by atoms with van der Waals surface area (Å²) in [6, 6.07) is 9.90. The summed E-state index contributed by atoms with van der Waals surface area (Å²) in [5.74, 6) is 0.213. The van der Waals surface area contributed by atoms with Gasteiger partial charge in [-0.15, -0.1) is 0 Å². The Bertz CT molecular complexity index is 337. The summed E-state index contributed by atoms with van der Waals surface area (Å²) in [7, 11) is 0. The van der Waals surface area contributed by atoms with E-state index < -0.39 is 0 Å². The maximum Gasteiger partial charge on any atom is 0.306 e. The van der Waals surface area contributed by atoms with E-state index in [9.17, 15) is 4.79 Å². The van der Waals surface area contributed by atoms with Gasteiger partial charge in [0.1, 0.15) is 6.61 Å². The third kappa shape index (κ3) is 3.06. The maximum absolute atomic E-state index is 11.3. The number of carbonyl (C=O) groups excluding carboxylic acids is 1. The van der Waals surface area contributed by atoms with Crippen molar-refractivity contribution in [2.24, 2.45) is 11.7 Å². The number of carbonyl (C=O) groups is 1. The highest BCUT2D eigenvalue weighted by Gasteiger charge is 2.35. The molecule has 0 amide bonds. The Kier molecular flexibility index (Phi) is 3.02. The van der Waals surface area contributed by atoms with Crippen molar-refractivity contribution < 1.29 is 9.53 Å². The minimum absolute atomic E-state index is 0.142. The summed E-state index contributed by atoms with van der Waals surface area (Å²) >= 11 is 0. The van der Waals surface area contributed by atoms with Gasteiger partial charge in [0.15, 0.2) is 0 Å². The summed E-state index contributed by atoms with van der Waals surface area (Å²) in [6.07, 6.45) is 1.43. The fourth-order valence-corrected chi connectivity index (χ4v) is 1.52. The molecule has 1 aliphatic rings. The molecule has 0 radical (unpaired) electrons. The highest BCUT2D eigenvalue weighted by molar-refractivity contribution is 5.70. The minimum atomic E-state index is -0.142. The van der Waals surface area contributed by atoms with E-state index in [0.29, 0.717) is 18.9 Å². The number of hydrogen-bond donors (Lipinski definition) is 1. The number of nitrogens with two attached hydrogens (primary N) is 1. The minimum Gasteiger partial charge on any atom is -0.461 e. The van der Waals surface area contributed by atoms with Crippen LogP contribution in [-0.4, -0.2) is 12.0 Å². The van der Waals surface area contributed by atoms with Crippen LogP contribution in [0.5, 0.6) is 0 Å². The second kappa shape index (κ2) is 4.45. The molecule has 0 aliphatic heterocycles. The Labute approximate surface area is 89.2 Å². The van der Waals surface area contributed by atoms with Crippen molar-refractivity contribution in [1.82, 2.24) is 0 Å². The number of benzene rings is 1. The smallest absolute Gasteiger partial charge is 0.306 e. The van der Waals surface area contributed by atoms with Crippen molar-refractivity contribution in [3.05, 3.63) is 35.9 Å². The highest BCUT2D eigenvalue weighted by atomic mass is 16.5. The van der Waals surface area contributed by atoms with Gasteiger partial charge in [-0.2, -0.15) is 0 Å². The topological polar surface area (TPSA) is 52.3 Å². The molecule has 2 N–H and O–H groups in total. The van der Waals surface area contributed by atoms with Crippen molar-refractivity contribution in [2.45, 2.75) is 25.5 Å². The predicted molar refractivity (Wildman–Crippen MR) is 56.9 cm³/mol. The van der Waals surface area contributed by atoms with Gasteiger partial charge in [-0.1, -0.05) is 30.3 Å². The van der Waals surface area contributed by atoms with Crippen LogP contribution in [0.3, 0.4) is 0 Å². The fourth-order valence-electron chi connectivity index (χ4n) is 1.52. The quantitative estimate of drug-likeness (QED) is 0.757. The van der Waals surface area contributed by atoms with Crippen LogP contribution in [0.15, 0.2) is 30.3 Å². The van der Waals surface area contributed by atoms with E-state index in [1.54, 1.807) is 0 Å². The van der Waals surface area contributed by atoms with Gasteiger partial charge in [0, 0.05) is 12.5 Å². The van der Waals surface area contributed by atoms with E-state index in [0.717, 1.165) is 12.0 Å². The van der Waals surface area contributed by atoms with Gasteiger partial charge < -0.3 is 10.5 Å². The van der Waals surface area contributed by atoms with Crippen molar-refractivity contribution in [1.29, 1.82) is 0 Å². The number of hydrogen-bond acceptors (Lipinski definition) is 3. The van der Waals surface area contributed by atoms with Crippen LogP contribution in [0.1, 0.15) is 18.4 Å². The zero-order valence-corrected chi connectivity index (χ0v) is 8.56. The first-order valence-electron chi connectivity index (χ1n) is 5.21. The zero-order valence-electron chi connectivity index (χ0n) is 8.56. The van der Waals surface area contributed by atoms with Crippen LogP contribution >= 0.6 is 0 Å². The molecule has 0 saturated heterocycles. The van der Waals surface area contributed by atoms with Crippen LogP contribution in [0, 0.1) is 5.92 Å². The number of rotatable bonds is 4. The molecule has 2 atom stereocenters. The first-order chi connectivity index (χ1) is 7.25. The van der Waals surface area contributed by atoms with Gasteiger partial charge in [-0.3, -0.25) is 4.79 Å². The third-order valence-electron chi connectivity index (χ3n) is 2.65. The Morgan fingerprint density at radius 1 is 1.40 bits per heavy atom. The standard InChI is InChI=1S/C12H15NO2/c13-11-6-10(11)7-12(14)15-8-9-4-2-1-3-5-9/h1-5,10-11H,6-8,13H2/t10-,11+/m1/s1. The average molecular weight is 205 g/mol. The van der Waals surface area contributed by atoms with E-state index >= 15 is 0 Å². The summed E-state index contributed by atoms with van der Waals surface area (Å²) in [5, 5.41) is 0. The van der Waals surface area contributed by atoms with Gasteiger partial charge in [0.2, 0.25) is 0 Å². The second-order valence-corrected chi connectivity index (χ2v) is 4.01. The molecule has 0 aromatic heterocycles. The predicted octanol–water partition coefficient (Wildman–Crippen LogP) is 1.47. The Balaban J connectivity index is 1.71. The fraction of sp³-hybridized carbons (Fsp3) is 0.417. The Morgan fingerprint density at radius 2 is 2.07 bits per heavy atom. The van der Waals surface area contributed by atoms with Crippen molar-refractivity contribution in [2.75, 3.05) is 0 Å². The van der Waals surface area contributed by atoms with Crippen LogP contribution in [0.25, 0.3) is 0 Å². The molecule has 3 nitrogen and oxygen atoms in total. The lowest BCUT2D eigenvalue weighted by Gasteiger charge is -2.03. The van der Waals surface area contributed by atoms with Gasteiger partial charge in [0.05, 0.1) is 0 Å². The van der Waals surface area contributed by atoms with Gasteiger partial charge in [-0.05, 0) is 17.9 Å². The van der Waals surface area contributed by atoms with Gasteiger partial charge >= 0.3 is 5.97 Å². The first-order valence-corrected chi connectivity index (χ1v) is 5.21. The Morgan fingerprint density at radius 3 is 2.67 bits per heavy atom. The summed E-state index contributed by atoms with van der Waals surface area (Å²) in [4.78, 5) is 11.3. The summed E-state index contributed by atoms with van der Waals surface area (Å²) < 4.78 is 5.13. The van der Waals surface area contributed by atoms with Crippen LogP contribution in [0.2, 0.25) is 0 Å². The molecule has 15 heavy (non-hydrogen) atoms.